The highest BCUT2D eigenvalue weighted by Gasteiger charge is 2.47. The maximum Gasteiger partial charge on any atom is 0.310 e. The van der Waals surface area contributed by atoms with Crippen molar-refractivity contribution in [3.8, 4) is 11.3 Å². The molecule has 2 heterocycles. The largest absolute Gasteiger partial charge is 0.460 e. The summed E-state index contributed by atoms with van der Waals surface area (Å²) < 4.78 is 8.70. The smallest absolute Gasteiger partial charge is 0.310 e. The molecule has 0 N–H and O–H groups in total. The lowest BCUT2D eigenvalue weighted by molar-refractivity contribution is -0.156. The minimum absolute atomic E-state index is 0.0493. The van der Waals surface area contributed by atoms with Crippen molar-refractivity contribution in [2.75, 3.05) is 0 Å². The van der Waals surface area contributed by atoms with E-state index in [0.717, 1.165) is 26.9 Å². The molecule has 0 aromatic carbocycles. The molecule has 0 bridgehead atoms. The number of halogens is 1. The van der Waals surface area contributed by atoms with Crippen molar-refractivity contribution in [2.45, 2.75) is 57.6 Å². The van der Waals surface area contributed by atoms with Crippen LogP contribution < -0.4 is 0 Å². The maximum absolute atomic E-state index is 12.1. The summed E-state index contributed by atoms with van der Waals surface area (Å²) in [6.07, 6.45) is 7.27. The second kappa shape index (κ2) is 6.07. The zero-order valence-corrected chi connectivity index (χ0v) is 16.9. The molecule has 2 fully saturated rings. The number of rotatable bonds is 4. The molecule has 0 radical (unpaired) electrons. The number of ether oxygens (including phenoxy) is 1. The van der Waals surface area contributed by atoms with E-state index in [9.17, 15) is 4.79 Å². The van der Waals surface area contributed by atoms with Crippen molar-refractivity contribution in [1.82, 2.24) is 14.8 Å². The van der Waals surface area contributed by atoms with Gasteiger partial charge in [0.25, 0.3) is 0 Å². The predicted molar refractivity (Wildman–Crippen MR) is 103 cm³/mol. The number of carbonyl (C=O) groups is 1. The molecule has 25 heavy (non-hydrogen) atoms. The Bertz CT molecular complexity index is 803. The van der Waals surface area contributed by atoms with Crippen LogP contribution in [-0.4, -0.2) is 26.3 Å². The molecule has 2 aromatic rings. The van der Waals surface area contributed by atoms with E-state index in [0.29, 0.717) is 6.04 Å². The average molecular weight is 451 g/mol. The van der Waals surface area contributed by atoms with Crippen molar-refractivity contribution in [3.63, 3.8) is 0 Å². The Hall–Kier alpha value is -1.44. The minimum Gasteiger partial charge on any atom is -0.460 e. The van der Waals surface area contributed by atoms with Crippen LogP contribution in [0.5, 0.6) is 0 Å². The normalized spacial score (nSPS) is 22.7. The minimum atomic E-state index is -0.432. The van der Waals surface area contributed by atoms with Crippen LogP contribution in [-0.2, 0) is 9.53 Å². The summed E-state index contributed by atoms with van der Waals surface area (Å²) in [4.78, 5) is 16.7. The number of aromatic nitrogens is 3. The zero-order chi connectivity index (χ0) is 17.8. The first-order valence-electron chi connectivity index (χ1n) is 8.75. The molecule has 2 aliphatic rings. The number of hydrogen-bond donors (Lipinski definition) is 0. The van der Waals surface area contributed by atoms with E-state index < -0.39 is 5.60 Å². The van der Waals surface area contributed by atoms with Crippen LogP contribution in [0.1, 0.15) is 57.7 Å². The first-order chi connectivity index (χ1) is 11.8. The van der Waals surface area contributed by atoms with E-state index in [4.69, 9.17) is 9.84 Å². The fraction of sp³-hybridized carbons (Fsp3) is 0.526. The summed E-state index contributed by atoms with van der Waals surface area (Å²) >= 11 is 2.33. The topological polar surface area (TPSA) is 57.0 Å². The lowest BCUT2D eigenvalue weighted by Crippen LogP contribution is -2.25. The van der Waals surface area contributed by atoms with Gasteiger partial charge in [-0.1, -0.05) is 0 Å². The summed E-state index contributed by atoms with van der Waals surface area (Å²) in [5.41, 5.74) is 2.56. The van der Waals surface area contributed by atoms with Gasteiger partial charge in [0.1, 0.15) is 11.3 Å². The van der Waals surface area contributed by atoms with Crippen LogP contribution >= 0.6 is 22.6 Å². The van der Waals surface area contributed by atoms with E-state index in [-0.39, 0.29) is 17.8 Å². The van der Waals surface area contributed by atoms with E-state index in [1.165, 1.54) is 12.8 Å². The highest BCUT2D eigenvalue weighted by Crippen LogP contribution is 2.48. The van der Waals surface area contributed by atoms with Gasteiger partial charge in [0, 0.05) is 29.6 Å². The van der Waals surface area contributed by atoms with E-state index in [1.807, 2.05) is 33.0 Å². The molecule has 6 heteroatoms. The van der Waals surface area contributed by atoms with Crippen LogP contribution in [0, 0.1) is 9.49 Å². The van der Waals surface area contributed by atoms with Gasteiger partial charge in [-0.25, -0.2) is 0 Å². The second-order valence-corrected chi connectivity index (χ2v) is 9.15. The molecule has 5 nitrogen and oxygen atoms in total. The van der Waals surface area contributed by atoms with Gasteiger partial charge in [-0.15, -0.1) is 0 Å². The number of carbonyl (C=O) groups excluding carboxylic acids is 1. The van der Waals surface area contributed by atoms with Gasteiger partial charge in [-0.2, -0.15) is 5.10 Å². The average Bonchev–Trinajstić information content (AvgIpc) is 3.43. The highest BCUT2D eigenvalue weighted by molar-refractivity contribution is 14.1. The van der Waals surface area contributed by atoms with E-state index >= 15 is 0 Å². The van der Waals surface area contributed by atoms with Crippen LogP contribution in [0.25, 0.3) is 11.3 Å². The van der Waals surface area contributed by atoms with Gasteiger partial charge < -0.3 is 4.74 Å². The molecule has 0 amide bonds. The van der Waals surface area contributed by atoms with Crippen molar-refractivity contribution in [3.05, 3.63) is 33.8 Å². The van der Waals surface area contributed by atoms with Crippen LogP contribution in [0.3, 0.4) is 0 Å². The Morgan fingerprint density at radius 1 is 1.32 bits per heavy atom. The molecule has 4 rings (SSSR count). The van der Waals surface area contributed by atoms with E-state index in [1.54, 1.807) is 0 Å². The van der Waals surface area contributed by atoms with Gasteiger partial charge in [-0.05, 0) is 74.8 Å². The number of nitrogens with zero attached hydrogens (tertiary/aromatic N) is 3. The molecule has 0 saturated heterocycles. The Balaban J connectivity index is 1.45. The third-order valence-corrected chi connectivity index (χ3v) is 5.34. The molecule has 2 unspecified atom stereocenters. The standard InChI is InChI=1S/C19H22IN3O2/c1-19(2,3)25-18(24)14-8-13(14)16-7-4-11(9-21-16)17-15(20)10-23(22-17)12-5-6-12/h4,7,9-10,12-14H,5-6,8H2,1-3H3. The van der Waals surface area contributed by atoms with Crippen molar-refractivity contribution in [2.24, 2.45) is 5.92 Å². The summed E-state index contributed by atoms with van der Waals surface area (Å²) in [5.74, 6) is 0.0277. The molecule has 0 spiro atoms. The summed E-state index contributed by atoms with van der Waals surface area (Å²) in [6.45, 7) is 5.70. The van der Waals surface area contributed by atoms with Crippen LogP contribution in [0.4, 0.5) is 0 Å². The molecular weight excluding hydrogens is 429 g/mol. The summed E-state index contributed by atoms with van der Waals surface area (Å²) in [6, 6.07) is 4.67. The first kappa shape index (κ1) is 17.0. The van der Waals surface area contributed by atoms with Gasteiger partial charge in [0.2, 0.25) is 0 Å². The lowest BCUT2D eigenvalue weighted by Gasteiger charge is -2.19. The fourth-order valence-corrected chi connectivity index (χ4v) is 3.72. The summed E-state index contributed by atoms with van der Waals surface area (Å²) in [5, 5.41) is 4.71. The third-order valence-electron chi connectivity index (χ3n) is 4.55. The van der Waals surface area contributed by atoms with Crippen molar-refractivity contribution >= 4 is 28.6 Å². The van der Waals surface area contributed by atoms with Crippen molar-refractivity contribution in [1.29, 1.82) is 0 Å². The zero-order valence-electron chi connectivity index (χ0n) is 14.7. The molecule has 2 aromatic heterocycles. The quantitative estimate of drug-likeness (QED) is 0.513. The number of pyridine rings is 1. The van der Waals surface area contributed by atoms with Crippen molar-refractivity contribution < 1.29 is 9.53 Å². The SMILES string of the molecule is CC(C)(C)OC(=O)C1CC1c1ccc(-c2nn(C3CC3)cc2I)cn1. The lowest BCUT2D eigenvalue weighted by atomic mass is 10.1. The molecule has 2 saturated carbocycles. The van der Waals surface area contributed by atoms with E-state index in [2.05, 4.69) is 44.5 Å². The predicted octanol–water partition coefficient (Wildman–Crippen LogP) is 4.33. The molecule has 2 aliphatic carbocycles. The Labute approximate surface area is 161 Å². The summed E-state index contributed by atoms with van der Waals surface area (Å²) in [7, 11) is 0. The van der Waals surface area contributed by atoms with Gasteiger partial charge in [-0.3, -0.25) is 14.5 Å². The highest BCUT2D eigenvalue weighted by atomic mass is 127. The maximum atomic E-state index is 12.1. The van der Waals surface area contributed by atoms with Gasteiger partial charge in [0.05, 0.1) is 15.5 Å². The Morgan fingerprint density at radius 3 is 2.68 bits per heavy atom. The first-order valence-corrected chi connectivity index (χ1v) is 9.83. The number of esters is 1. The Morgan fingerprint density at radius 2 is 2.08 bits per heavy atom. The van der Waals surface area contributed by atoms with Crippen LogP contribution in [0.2, 0.25) is 0 Å². The monoisotopic (exact) mass is 451 g/mol. The van der Waals surface area contributed by atoms with Gasteiger partial charge >= 0.3 is 5.97 Å². The molecule has 2 atom stereocenters. The van der Waals surface area contributed by atoms with Gasteiger partial charge in [0.15, 0.2) is 0 Å². The molecule has 0 aliphatic heterocycles. The number of hydrogen-bond acceptors (Lipinski definition) is 4. The Kier molecular flexibility index (Phi) is 4.13. The fourth-order valence-electron chi connectivity index (χ4n) is 3.02. The molecule has 132 valence electrons. The second-order valence-electron chi connectivity index (χ2n) is 7.99. The van der Waals surface area contributed by atoms with Crippen LogP contribution in [0.15, 0.2) is 24.5 Å². The third kappa shape index (κ3) is 3.73. The molecular formula is C19H22IN3O2.